The lowest BCUT2D eigenvalue weighted by Crippen LogP contribution is -2.38. The fraction of sp³-hybridized carbons (Fsp3) is 0.348. The molecule has 0 spiro atoms. The number of anilines is 1. The zero-order chi connectivity index (χ0) is 21.5. The Balaban J connectivity index is 1.65. The van der Waals surface area contributed by atoms with Gasteiger partial charge in [0.15, 0.2) is 0 Å². The van der Waals surface area contributed by atoms with E-state index in [4.69, 9.17) is 11.6 Å². The number of nitriles is 1. The average molecular weight is 423 g/mol. The Kier molecular flexibility index (Phi) is 5.05. The molecule has 1 aromatic heterocycles. The van der Waals surface area contributed by atoms with Crippen molar-refractivity contribution >= 4 is 34.5 Å². The normalized spacial score (nSPS) is 17.0. The van der Waals surface area contributed by atoms with Gasteiger partial charge in [-0.3, -0.25) is 10.1 Å². The van der Waals surface area contributed by atoms with Crippen LogP contribution in [0, 0.1) is 11.3 Å². The van der Waals surface area contributed by atoms with E-state index in [-0.39, 0.29) is 17.9 Å². The van der Waals surface area contributed by atoms with E-state index in [9.17, 15) is 15.2 Å². The van der Waals surface area contributed by atoms with Crippen LogP contribution < -0.4 is 5.32 Å². The molecule has 1 unspecified atom stereocenters. The molecule has 0 bridgehead atoms. The molecule has 0 radical (unpaired) electrons. The number of fused-ring (bicyclic) bond motifs is 1. The van der Waals surface area contributed by atoms with Gasteiger partial charge < -0.3 is 9.67 Å². The number of rotatable bonds is 5. The molecule has 0 saturated heterocycles. The monoisotopic (exact) mass is 422 g/mol. The van der Waals surface area contributed by atoms with Crippen LogP contribution in [-0.4, -0.2) is 20.6 Å². The van der Waals surface area contributed by atoms with E-state index in [1.807, 2.05) is 10.6 Å². The van der Waals surface area contributed by atoms with Gasteiger partial charge in [0.2, 0.25) is 11.9 Å². The fourth-order valence-electron chi connectivity index (χ4n) is 4.08. The Morgan fingerprint density at radius 2 is 2.03 bits per heavy atom. The van der Waals surface area contributed by atoms with Gasteiger partial charge in [-0.2, -0.15) is 5.26 Å². The summed E-state index contributed by atoms with van der Waals surface area (Å²) in [6.07, 6.45) is 2.92. The van der Waals surface area contributed by atoms with Crippen LogP contribution in [0.25, 0.3) is 11.0 Å². The number of nitrogens with one attached hydrogen (secondary N) is 1. The lowest BCUT2D eigenvalue weighted by Gasteiger charge is -2.41. The van der Waals surface area contributed by atoms with E-state index in [2.05, 4.69) is 23.3 Å². The molecule has 154 valence electrons. The van der Waals surface area contributed by atoms with Gasteiger partial charge in [-0.15, -0.1) is 0 Å². The van der Waals surface area contributed by atoms with Crippen molar-refractivity contribution in [1.29, 1.82) is 5.26 Å². The zero-order valence-electron chi connectivity index (χ0n) is 16.9. The van der Waals surface area contributed by atoms with Gasteiger partial charge in [-0.25, -0.2) is 4.98 Å². The molecule has 1 aliphatic rings. The lowest BCUT2D eigenvalue weighted by atomic mass is 9.78. The predicted octanol–water partition coefficient (Wildman–Crippen LogP) is 4.70. The number of carbonyl (C=O) groups is 1. The van der Waals surface area contributed by atoms with Crippen LogP contribution >= 0.6 is 11.6 Å². The van der Waals surface area contributed by atoms with Gasteiger partial charge in [0, 0.05) is 10.6 Å². The zero-order valence-corrected chi connectivity index (χ0v) is 17.7. The maximum absolute atomic E-state index is 12.9. The highest BCUT2D eigenvalue weighted by molar-refractivity contribution is 6.30. The third-order valence-electron chi connectivity index (χ3n) is 5.98. The number of benzene rings is 2. The Labute approximate surface area is 180 Å². The van der Waals surface area contributed by atoms with Crippen molar-refractivity contribution in [1.82, 2.24) is 9.55 Å². The molecule has 1 amide bonds. The molecule has 4 rings (SSSR count). The first-order valence-electron chi connectivity index (χ1n) is 9.93. The Morgan fingerprint density at radius 1 is 1.33 bits per heavy atom. The van der Waals surface area contributed by atoms with Crippen molar-refractivity contribution in [2.24, 2.45) is 0 Å². The van der Waals surface area contributed by atoms with E-state index in [0.29, 0.717) is 22.1 Å². The van der Waals surface area contributed by atoms with Crippen molar-refractivity contribution in [2.45, 2.75) is 50.7 Å². The highest BCUT2D eigenvalue weighted by Crippen LogP contribution is 2.43. The van der Waals surface area contributed by atoms with Crippen LogP contribution in [0.3, 0.4) is 0 Å². The third kappa shape index (κ3) is 3.67. The van der Waals surface area contributed by atoms with Gasteiger partial charge in [-0.05, 0) is 69.0 Å². The third-order valence-corrected chi connectivity index (χ3v) is 6.23. The number of halogens is 1. The van der Waals surface area contributed by atoms with E-state index in [1.165, 1.54) is 0 Å². The van der Waals surface area contributed by atoms with Crippen molar-refractivity contribution in [3.05, 3.63) is 58.6 Å². The van der Waals surface area contributed by atoms with Gasteiger partial charge in [0.25, 0.3) is 0 Å². The first-order chi connectivity index (χ1) is 14.2. The molecule has 30 heavy (non-hydrogen) atoms. The number of imidazole rings is 1. The van der Waals surface area contributed by atoms with E-state index in [0.717, 1.165) is 30.3 Å². The summed E-state index contributed by atoms with van der Waals surface area (Å²) in [4.78, 5) is 17.5. The topological polar surface area (TPSA) is 90.9 Å². The molecule has 7 heteroatoms. The van der Waals surface area contributed by atoms with Gasteiger partial charge >= 0.3 is 0 Å². The van der Waals surface area contributed by atoms with Crippen LogP contribution in [0.2, 0.25) is 5.02 Å². The summed E-state index contributed by atoms with van der Waals surface area (Å²) in [6, 6.07) is 14.3. The number of hydrogen-bond acceptors (Lipinski definition) is 4. The van der Waals surface area contributed by atoms with Crippen LogP contribution in [0.5, 0.6) is 0 Å². The molecule has 0 aliphatic heterocycles. The minimum Gasteiger partial charge on any atom is -0.385 e. The molecular weight excluding hydrogens is 400 g/mol. The van der Waals surface area contributed by atoms with Crippen LogP contribution in [0.1, 0.15) is 50.7 Å². The number of nitrogens with zero attached hydrogens (tertiary/aromatic N) is 3. The van der Waals surface area contributed by atoms with Gasteiger partial charge in [0.05, 0.1) is 34.7 Å². The minimum absolute atomic E-state index is 0.127. The molecule has 2 aromatic carbocycles. The van der Waals surface area contributed by atoms with E-state index < -0.39 is 5.60 Å². The predicted molar refractivity (Wildman–Crippen MR) is 116 cm³/mol. The van der Waals surface area contributed by atoms with Gasteiger partial charge in [0.1, 0.15) is 0 Å². The van der Waals surface area contributed by atoms with Crippen molar-refractivity contribution in [2.75, 3.05) is 5.32 Å². The molecule has 1 fully saturated rings. The number of aromatic nitrogens is 2. The minimum atomic E-state index is -1.35. The molecule has 1 heterocycles. The van der Waals surface area contributed by atoms with Gasteiger partial charge in [-0.1, -0.05) is 23.7 Å². The fourth-order valence-corrected chi connectivity index (χ4v) is 4.21. The molecule has 1 saturated carbocycles. The van der Waals surface area contributed by atoms with Crippen LogP contribution in [0.15, 0.2) is 42.5 Å². The summed E-state index contributed by atoms with van der Waals surface area (Å²) in [5.74, 6) is 0.106. The SMILES string of the molecule is CC(O)(CC(=O)Nc1nc2ccc(C#N)cc2n1C1(C)CCC1)c1ccc(Cl)cc1. The summed E-state index contributed by atoms with van der Waals surface area (Å²) in [5, 5.41) is 23.6. The van der Waals surface area contributed by atoms with Crippen LogP contribution in [0.4, 0.5) is 5.95 Å². The second-order valence-corrected chi connectivity index (χ2v) is 8.88. The first kappa shape index (κ1) is 20.4. The van der Waals surface area contributed by atoms with Crippen molar-refractivity contribution in [3.8, 4) is 6.07 Å². The second kappa shape index (κ2) is 7.42. The number of carbonyl (C=O) groups excluding carboxylic acids is 1. The Morgan fingerprint density at radius 3 is 2.63 bits per heavy atom. The number of hydrogen-bond donors (Lipinski definition) is 2. The maximum Gasteiger partial charge on any atom is 0.229 e. The summed E-state index contributed by atoms with van der Waals surface area (Å²) in [5.41, 5.74) is 1.21. The first-order valence-corrected chi connectivity index (χ1v) is 10.3. The molecule has 3 aromatic rings. The standard InChI is InChI=1S/C23H23ClN4O2/c1-22(10-3-11-22)28-19-12-15(14-25)4-9-18(19)26-21(28)27-20(29)13-23(2,30)16-5-7-17(24)8-6-16/h4-9,12,30H,3,10-11,13H2,1-2H3,(H,26,27,29). The van der Waals surface area contributed by atoms with E-state index in [1.54, 1.807) is 43.3 Å². The highest BCUT2D eigenvalue weighted by atomic mass is 35.5. The molecule has 2 N–H and O–H groups in total. The van der Waals surface area contributed by atoms with Crippen molar-refractivity contribution in [3.63, 3.8) is 0 Å². The number of aliphatic hydroxyl groups is 1. The average Bonchev–Trinajstić information content (AvgIpc) is 3.02. The molecular formula is C23H23ClN4O2. The van der Waals surface area contributed by atoms with Crippen LogP contribution in [-0.2, 0) is 15.9 Å². The smallest absolute Gasteiger partial charge is 0.229 e. The summed E-state index contributed by atoms with van der Waals surface area (Å²) in [6.45, 7) is 3.74. The molecule has 1 aliphatic carbocycles. The second-order valence-electron chi connectivity index (χ2n) is 8.44. The summed E-state index contributed by atoms with van der Waals surface area (Å²) < 4.78 is 2.03. The molecule has 6 nitrogen and oxygen atoms in total. The highest BCUT2D eigenvalue weighted by Gasteiger charge is 2.37. The molecule has 1 atom stereocenters. The van der Waals surface area contributed by atoms with Crippen molar-refractivity contribution < 1.29 is 9.90 Å². The Bertz CT molecular complexity index is 1150. The number of amides is 1. The summed E-state index contributed by atoms with van der Waals surface area (Å²) >= 11 is 5.92. The van der Waals surface area contributed by atoms with E-state index >= 15 is 0 Å². The maximum atomic E-state index is 12.9. The quantitative estimate of drug-likeness (QED) is 0.623. The summed E-state index contributed by atoms with van der Waals surface area (Å²) in [7, 11) is 0. The largest absolute Gasteiger partial charge is 0.385 e. The Hall–Kier alpha value is -2.88. The lowest BCUT2D eigenvalue weighted by molar-refractivity contribution is -0.120.